The Labute approximate surface area is 224 Å². The van der Waals surface area contributed by atoms with E-state index in [1.807, 2.05) is 32.9 Å². The molecular formula is C26H35Cl2N3O4S. The summed E-state index contributed by atoms with van der Waals surface area (Å²) in [6.07, 6.45) is 2.34. The van der Waals surface area contributed by atoms with Crippen LogP contribution >= 0.6 is 23.2 Å². The summed E-state index contributed by atoms with van der Waals surface area (Å²) in [6.45, 7) is 7.64. The maximum absolute atomic E-state index is 13.3. The van der Waals surface area contributed by atoms with Crippen molar-refractivity contribution in [1.29, 1.82) is 0 Å². The lowest BCUT2D eigenvalue weighted by Crippen LogP contribution is -2.49. The molecule has 198 valence electrons. The van der Waals surface area contributed by atoms with Crippen LogP contribution in [0.2, 0.25) is 10.0 Å². The van der Waals surface area contributed by atoms with E-state index in [2.05, 4.69) is 5.32 Å². The minimum Gasteiger partial charge on any atom is -0.352 e. The van der Waals surface area contributed by atoms with Gasteiger partial charge in [-0.25, -0.2) is 8.42 Å². The zero-order valence-electron chi connectivity index (χ0n) is 21.4. The number of aryl methyl sites for hydroxylation is 1. The van der Waals surface area contributed by atoms with E-state index >= 15 is 0 Å². The predicted octanol–water partition coefficient (Wildman–Crippen LogP) is 5.04. The third-order valence-corrected chi connectivity index (χ3v) is 7.52. The van der Waals surface area contributed by atoms with Crippen LogP contribution in [0.15, 0.2) is 42.5 Å². The number of hydrogen-bond donors (Lipinski definition) is 1. The van der Waals surface area contributed by atoms with E-state index < -0.39 is 16.1 Å². The highest BCUT2D eigenvalue weighted by Crippen LogP contribution is 2.24. The van der Waals surface area contributed by atoms with Gasteiger partial charge in [0.1, 0.15) is 6.04 Å². The number of carbonyl (C=O) groups is 2. The van der Waals surface area contributed by atoms with Gasteiger partial charge in [0.2, 0.25) is 21.8 Å². The van der Waals surface area contributed by atoms with Crippen molar-refractivity contribution < 1.29 is 18.0 Å². The molecule has 0 radical (unpaired) electrons. The van der Waals surface area contributed by atoms with Crippen molar-refractivity contribution in [2.45, 2.75) is 65.6 Å². The van der Waals surface area contributed by atoms with Gasteiger partial charge in [-0.1, -0.05) is 48.3 Å². The van der Waals surface area contributed by atoms with Gasteiger partial charge in [-0.3, -0.25) is 13.9 Å². The Bertz CT molecular complexity index is 1150. The van der Waals surface area contributed by atoms with E-state index in [9.17, 15) is 18.0 Å². The van der Waals surface area contributed by atoms with E-state index in [0.717, 1.165) is 18.2 Å². The molecule has 0 unspecified atom stereocenters. The Kier molecular flexibility index (Phi) is 11.1. The largest absolute Gasteiger partial charge is 0.352 e. The van der Waals surface area contributed by atoms with E-state index in [0.29, 0.717) is 21.3 Å². The first-order valence-electron chi connectivity index (χ1n) is 11.9. The third kappa shape index (κ3) is 8.68. The second kappa shape index (κ2) is 13.3. The maximum atomic E-state index is 13.3. The average Bonchev–Trinajstić information content (AvgIpc) is 2.79. The molecule has 1 atom stereocenters. The molecule has 7 nitrogen and oxygen atoms in total. The maximum Gasteiger partial charge on any atom is 0.242 e. The van der Waals surface area contributed by atoms with Gasteiger partial charge < -0.3 is 10.2 Å². The molecule has 0 aliphatic rings. The normalized spacial score (nSPS) is 12.3. The lowest BCUT2D eigenvalue weighted by atomic mass is 10.1. The Morgan fingerprint density at radius 3 is 2.19 bits per heavy atom. The number of carbonyl (C=O) groups excluding carboxylic acids is 2. The summed E-state index contributed by atoms with van der Waals surface area (Å²) in [5.41, 5.74) is 2.32. The van der Waals surface area contributed by atoms with Crippen LogP contribution in [-0.2, 0) is 32.6 Å². The summed E-state index contributed by atoms with van der Waals surface area (Å²) in [4.78, 5) is 27.5. The first-order valence-corrected chi connectivity index (χ1v) is 14.5. The summed E-state index contributed by atoms with van der Waals surface area (Å²) >= 11 is 12.3. The second-order valence-corrected chi connectivity index (χ2v) is 11.8. The topological polar surface area (TPSA) is 86.8 Å². The molecular weight excluding hydrogens is 521 g/mol. The van der Waals surface area contributed by atoms with E-state index in [4.69, 9.17) is 23.2 Å². The van der Waals surface area contributed by atoms with Gasteiger partial charge in [-0.05, 0) is 69.0 Å². The molecule has 0 heterocycles. The molecule has 2 rings (SSSR count). The lowest BCUT2D eigenvalue weighted by molar-refractivity contribution is -0.140. The fraction of sp³-hybridized carbons (Fsp3) is 0.462. The summed E-state index contributed by atoms with van der Waals surface area (Å²) in [5, 5.41) is 3.71. The van der Waals surface area contributed by atoms with Crippen LogP contribution in [0.1, 0.15) is 51.7 Å². The molecule has 0 bridgehead atoms. The van der Waals surface area contributed by atoms with Gasteiger partial charge in [0.15, 0.2) is 0 Å². The molecule has 0 fully saturated rings. The standard InChI is InChI=1S/C26H35Cl2N3O4S/c1-6-20-9-13-23(14-10-20)31(36(5,34)35)15-7-8-25(32)30(19(4)26(33)29-18(2)3)17-21-11-12-22(27)16-24(21)28/h9-14,16,18-19H,6-8,15,17H2,1-5H3,(H,29,33)/t19-/m0/s1. The van der Waals surface area contributed by atoms with Gasteiger partial charge in [-0.15, -0.1) is 0 Å². The van der Waals surface area contributed by atoms with Crippen molar-refractivity contribution in [3.8, 4) is 0 Å². The highest BCUT2D eigenvalue weighted by atomic mass is 35.5. The third-order valence-electron chi connectivity index (χ3n) is 5.74. The van der Waals surface area contributed by atoms with E-state index in [-0.39, 0.29) is 43.8 Å². The van der Waals surface area contributed by atoms with Gasteiger partial charge in [0.05, 0.1) is 11.9 Å². The van der Waals surface area contributed by atoms with Crippen LogP contribution in [-0.4, -0.2) is 50.0 Å². The van der Waals surface area contributed by atoms with Gasteiger partial charge in [0, 0.05) is 35.6 Å². The molecule has 1 N–H and O–H groups in total. The van der Waals surface area contributed by atoms with Crippen LogP contribution in [0, 0.1) is 0 Å². The highest BCUT2D eigenvalue weighted by molar-refractivity contribution is 7.92. The van der Waals surface area contributed by atoms with Crippen LogP contribution < -0.4 is 9.62 Å². The van der Waals surface area contributed by atoms with Crippen molar-refractivity contribution >= 4 is 50.7 Å². The van der Waals surface area contributed by atoms with E-state index in [1.54, 1.807) is 37.3 Å². The molecule has 0 saturated heterocycles. The smallest absolute Gasteiger partial charge is 0.242 e. The molecule has 36 heavy (non-hydrogen) atoms. The number of nitrogens with zero attached hydrogens (tertiary/aromatic N) is 2. The summed E-state index contributed by atoms with van der Waals surface area (Å²) in [5.74, 6) is -0.556. The molecule has 0 aromatic heterocycles. The van der Waals surface area contributed by atoms with Crippen LogP contribution in [0.25, 0.3) is 0 Å². The zero-order valence-corrected chi connectivity index (χ0v) is 23.8. The Balaban J connectivity index is 2.20. The van der Waals surface area contributed by atoms with Crippen LogP contribution in [0.3, 0.4) is 0 Å². The number of hydrogen-bond acceptors (Lipinski definition) is 4. The molecule has 0 spiro atoms. The van der Waals surface area contributed by atoms with Crippen LogP contribution in [0.4, 0.5) is 5.69 Å². The minimum absolute atomic E-state index is 0.0591. The summed E-state index contributed by atoms with van der Waals surface area (Å²) < 4.78 is 26.2. The number of nitrogens with one attached hydrogen (secondary N) is 1. The first-order chi connectivity index (χ1) is 16.8. The lowest BCUT2D eigenvalue weighted by Gasteiger charge is -2.30. The Hall–Kier alpha value is -2.29. The summed E-state index contributed by atoms with van der Waals surface area (Å²) in [7, 11) is -3.54. The molecule has 2 aromatic carbocycles. The fourth-order valence-electron chi connectivity index (χ4n) is 3.72. The van der Waals surface area contributed by atoms with E-state index in [1.165, 1.54) is 9.21 Å². The first kappa shape index (κ1) is 29.9. The Morgan fingerprint density at radius 1 is 1.03 bits per heavy atom. The molecule has 0 saturated carbocycles. The van der Waals surface area contributed by atoms with Crippen molar-refractivity contribution in [2.24, 2.45) is 0 Å². The minimum atomic E-state index is -3.54. The molecule has 10 heteroatoms. The molecule has 0 aliphatic carbocycles. The van der Waals surface area contributed by atoms with Crippen molar-refractivity contribution in [3.63, 3.8) is 0 Å². The number of benzene rings is 2. The van der Waals surface area contributed by atoms with Crippen LogP contribution in [0.5, 0.6) is 0 Å². The van der Waals surface area contributed by atoms with Gasteiger partial charge >= 0.3 is 0 Å². The molecule has 2 aromatic rings. The number of sulfonamides is 1. The predicted molar refractivity (Wildman–Crippen MR) is 147 cm³/mol. The highest BCUT2D eigenvalue weighted by Gasteiger charge is 2.27. The quantitative estimate of drug-likeness (QED) is 0.397. The number of amides is 2. The molecule has 2 amide bonds. The molecule has 0 aliphatic heterocycles. The SMILES string of the molecule is CCc1ccc(N(CCCC(=O)N(Cc2ccc(Cl)cc2Cl)[C@@H](C)C(=O)NC(C)C)S(C)(=O)=O)cc1. The van der Waals surface area contributed by atoms with Crippen molar-refractivity contribution in [2.75, 3.05) is 17.1 Å². The second-order valence-electron chi connectivity index (χ2n) is 9.06. The van der Waals surface area contributed by atoms with Gasteiger partial charge in [0.25, 0.3) is 0 Å². The number of anilines is 1. The van der Waals surface area contributed by atoms with Crippen molar-refractivity contribution in [3.05, 3.63) is 63.6 Å². The van der Waals surface area contributed by atoms with Gasteiger partial charge in [-0.2, -0.15) is 0 Å². The monoisotopic (exact) mass is 555 g/mol. The fourth-order valence-corrected chi connectivity index (χ4v) is 5.16. The Morgan fingerprint density at radius 2 is 1.67 bits per heavy atom. The summed E-state index contributed by atoms with van der Waals surface area (Å²) in [6, 6.07) is 11.5. The number of halogens is 2. The zero-order chi connectivity index (χ0) is 27.0. The van der Waals surface area contributed by atoms with Crippen molar-refractivity contribution in [1.82, 2.24) is 10.2 Å². The average molecular weight is 557 g/mol. The number of rotatable bonds is 12.